The van der Waals surface area contributed by atoms with Gasteiger partial charge in [-0.2, -0.15) is 0 Å². The van der Waals surface area contributed by atoms with Crippen molar-refractivity contribution in [3.05, 3.63) is 77.1 Å². The van der Waals surface area contributed by atoms with E-state index in [2.05, 4.69) is 28.6 Å². The molecule has 0 saturated heterocycles. The van der Waals surface area contributed by atoms with Crippen molar-refractivity contribution in [1.29, 1.82) is 0 Å². The smallest absolute Gasteiger partial charge is 0.0902 e. The van der Waals surface area contributed by atoms with Gasteiger partial charge >= 0.3 is 0 Å². The van der Waals surface area contributed by atoms with E-state index in [-0.39, 0.29) is 6.04 Å². The molecule has 0 saturated carbocycles. The molecule has 3 nitrogen and oxygen atoms in total. The van der Waals surface area contributed by atoms with E-state index in [0.29, 0.717) is 5.02 Å². The molecule has 0 radical (unpaired) electrons. The first-order valence-corrected chi connectivity index (χ1v) is 6.73. The number of fused-ring (bicyclic) bond motifs is 1. The van der Waals surface area contributed by atoms with Crippen LogP contribution in [0.4, 0.5) is 0 Å². The van der Waals surface area contributed by atoms with Crippen molar-refractivity contribution < 1.29 is 0 Å². The molecule has 4 heteroatoms. The van der Waals surface area contributed by atoms with E-state index < -0.39 is 0 Å². The number of pyridine rings is 1. The van der Waals surface area contributed by atoms with Crippen LogP contribution in [0.1, 0.15) is 17.3 Å². The molecule has 1 heterocycles. The molecule has 100 valence electrons. The highest BCUT2D eigenvalue weighted by Crippen LogP contribution is 2.30. The Hall–Kier alpha value is -1.94. The van der Waals surface area contributed by atoms with Gasteiger partial charge < -0.3 is 0 Å². The highest BCUT2D eigenvalue weighted by Gasteiger charge is 2.18. The number of aromatic nitrogens is 1. The van der Waals surface area contributed by atoms with Crippen LogP contribution in [-0.4, -0.2) is 4.98 Å². The largest absolute Gasteiger partial charge is 0.271 e. The Morgan fingerprint density at radius 3 is 2.60 bits per heavy atom. The molecular weight excluding hydrogens is 270 g/mol. The topological polar surface area (TPSA) is 50.9 Å². The summed E-state index contributed by atoms with van der Waals surface area (Å²) < 4.78 is 0. The summed E-state index contributed by atoms with van der Waals surface area (Å²) in [5.41, 5.74) is 4.61. The predicted molar refractivity (Wildman–Crippen MR) is 82.4 cm³/mol. The summed E-state index contributed by atoms with van der Waals surface area (Å²) in [6.07, 6.45) is 1.72. The highest BCUT2D eigenvalue weighted by atomic mass is 35.5. The van der Waals surface area contributed by atoms with Gasteiger partial charge in [0.05, 0.1) is 16.8 Å². The Labute approximate surface area is 122 Å². The van der Waals surface area contributed by atoms with Crippen LogP contribution in [0.2, 0.25) is 5.02 Å². The van der Waals surface area contributed by atoms with E-state index in [1.54, 1.807) is 6.20 Å². The molecule has 1 aromatic heterocycles. The minimum atomic E-state index is -0.241. The SMILES string of the molecule is NNC(c1ncccc1Cl)c1cccc2ccccc12. The molecule has 3 rings (SSSR count). The van der Waals surface area contributed by atoms with Crippen LogP contribution in [-0.2, 0) is 0 Å². The quantitative estimate of drug-likeness (QED) is 0.572. The second kappa shape index (κ2) is 5.59. The van der Waals surface area contributed by atoms with E-state index >= 15 is 0 Å². The summed E-state index contributed by atoms with van der Waals surface area (Å²) in [4.78, 5) is 4.36. The van der Waals surface area contributed by atoms with Crippen molar-refractivity contribution in [3.63, 3.8) is 0 Å². The second-order valence-corrected chi connectivity index (χ2v) is 4.95. The van der Waals surface area contributed by atoms with E-state index in [4.69, 9.17) is 17.4 Å². The zero-order valence-electron chi connectivity index (χ0n) is 10.8. The lowest BCUT2D eigenvalue weighted by molar-refractivity contribution is 0.625. The van der Waals surface area contributed by atoms with Crippen LogP contribution in [0.15, 0.2) is 60.8 Å². The molecule has 0 aliphatic rings. The number of nitrogens with one attached hydrogen (secondary N) is 1. The third kappa shape index (κ3) is 2.27. The number of nitrogens with zero attached hydrogens (tertiary/aromatic N) is 1. The zero-order valence-corrected chi connectivity index (χ0v) is 11.5. The highest BCUT2D eigenvalue weighted by molar-refractivity contribution is 6.31. The Balaban J connectivity index is 2.20. The summed E-state index contributed by atoms with van der Waals surface area (Å²) in [7, 11) is 0. The maximum absolute atomic E-state index is 6.24. The monoisotopic (exact) mass is 283 g/mol. The fraction of sp³-hybridized carbons (Fsp3) is 0.0625. The van der Waals surface area contributed by atoms with Gasteiger partial charge in [0, 0.05) is 6.20 Å². The summed E-state index contributed by atoms with van der Waals surface area (Å²) in [6.45, 7) is 0. The average Bonchev–Trinajstić information content (AvgIpc) is 2.50. The maximum Gasteiger partial charge on any atom is 0.0902 e. The number of benzene rings is 2. The minimum absolute atomic E-state index is 0.241. The molecule has 0 amide bonds. The summed E-state index contributed by atoms with van der Waals surface area (Å²) in [5.74, 6) is 5.75. The molecule has 20 heavy (non-hydrogen) atoms. The number of hydrazine groups is 1. The second-order valence-electron chi connectivity index (χ2n) is 4.54. The Morgan fingerprint density at radius 2 is 1.80 bits per heavy atom. The third-order valence-corrected chi connectivity index (χ3v) is 3.68. The summed E-state index contributed by atoms with van der Waals surface area (Å²) >= 11 is 6.24. The first-order valence-electron chi connectivity index (χ1n) is 6.35. The molecule has 0 aliphatic heterocycles. The standard InChI is InChI=1S/C16H14ClN3/c17-14-9-4-10-19-16(14)15(20-18)13-8-3-6-11-5-1-2-7-12(11)13/h1-10,15,20H,18H2. The molecule has 3 aromatic rings. The lowest BCUT2D eigenvalue weighted by Crippen LogP contribution is -2.29. The van der Waals surface area contributed by atoms with Crippen LogP contribution in [0.25, 0.3) is 10.8 Å². The Morgan fingerprint density at radius 1 is 1.00 bits per heavy atom. The molecule has 0 aliphatic carbocycles. The normalized spacial score (nSPS) is 12.5. The van der Waals surface area contributed by atoms with Gasteiger partial charge in [-0.25, -0.2) is 5.43 Å². The van der Waals surface area contributed by atoms with Gasteiger partial charge in [-0.05, 0) is 28.5 Å². The van der Waals surface area contributed by atoms with Gasteiger partial charge in [0.15, 0.2) is 0 Å². The van der Waals surface area contributed by atoms with Gasteiger partial charge in [-0.3, -0.25) is 10.8 Å². The van der Waals surface area contributed by atoms with Gasteiger partial charge in [-0.1, -0.05) is 54.1 Å². The first kappa shape index (κ1) is 13.1. The fourth-order valence-corrected chi connectivity index (χ4v) is 2.66. The summed E-state index contributed by atoms with van der Waals surface area (Å²) in [5, 5.41) is 2.90. The van der Waals surface area contributed by atoms with Crippen LogP contribution in [0.3, 0.4) is 0 Å². The van der Waals surface area contributed by atoms with Gasteiger partial charge in [0.1, 0.15) is 0 Å². The lowest BCUT2D eigenvalue weighted by Gasteiger charge is -2.19. The van der Waals surface area contributed by atoms with Crippen molar-refractivity contribution in [2.75, 3.05) is 0 Å². The van der Waals surface area contributed by atoms with Crippen molar-refractivity contribution in [2.45, 2.75) is 6.04 Å². The van der Waals surface area contributed by atoms with E-state index in [0.717, 1.165) is 22.0 Å². The summed E-state index contributed by atoms with van der Waals surface area (Å²) in [6, 6.07) is 17.7. The molecule has 3 N–H and O–H groups in total. The van der Waals surface area contributed by atoms with Crippen molar-refractivity contribution in [2.24, 2.45) is 5.84 Å². The number of hydrogen-bond acceptors (Lipinski definition) is 3. The van der Waals surface area contributed by atoms with E-state index in [1.807, 2.05) is 36.4 Å². The van der Waals surface area contributed by atoms with Gasteiger partial charge in [0.2, 0.25) is 0 Å². The lowest BCUT2D eigenvalue weighted by atomic mass is 9.97. The number of halogens is 1. The van der Waals surface area contributed by atoms with E-state index in [1.165, 1.54) is 0 Å². The van der Waals surface area contributed by atoms with Crippen LogP contribution < -0.4 is 11.3 Å². The minimum Gasteiger partial charge on any atom is -0.271 e. The Kier molecular flexibility index (Phi) is 3.65. The third-order valence-electron chi connectivity index (χ3n) is 3.36. The predicted octanol–water partition coefficient (Wildman–Crippen LogP) is 3.44. The molecule has 2 aromatic carbocycles. The molecule has 0 fully saturated rings. The number of rotatable bonds is 3. The van der Waals surface area contributed by atoms with Crippen LogP contribution >= 0.6 is 11.6 Å². The number of nitrogens with two attached hydrogens (primary N) is 1. The maximum atomic E-state index is 6.24. The first-order chi connectivity index (χ1) is 9.81. The van der Waals surface area contributed by atoms with Gasteiger partial charge in [0.25, 0.3) is 0 Å². The molecule has 1 unspecified atom stereocenters. The van der Waals surface area contributed by atoms with Crippen molar-refractivity contribution in [1.82, 2.24) is 10.4 Å². The molecule has 1 atom stereocenters. The zero-order chi connectivity index (χ0) is 13.9. The fourth-order valence-electron chi connectivity index (χ4n) is 2.43. The molecule has 0 spiro atoms. The van der Waals surface area contributed by atoms with Gasteiger partial charge in [-0.15, -0.1) is 0 Å². The van der Waals surface area contributed by atoms with Crippen LogP contribution in [0, 0.1) is 0 Å². The van der Waals surface area contributed by atoms with Crippen LogP contribution in [0.5, 0.6) is 0 Å². The molecular formula is C16H14ClN3. The number of hydrogen-bond donors (Lipinski definition) is 2. The van der Waals surface area contributed by atoms with E-state index in [9.17, 15) is 0 Å². The van der Waals surface area contributed by atoms with Crippen molar-refractivity contribution in [3.8, 4) is 0 Å². The average molecular weight is 284 g/mol. The molecule has 0 bridgehead atoms. The Bertz CT molecular complexity index is 737. The van der Waals surface area contributed by atoms with Crippen molar-refractivity contribution >= 4 is 22.4 Å².